The summed E-state index contributed by atoms with van der Waals surface area (Å²) in [6, 6.07) is 11.0. The molecule has 1 aromatic heterocycles. The number of rotatable bonds is 4. The predicted octanol–water partition coefficient (Wildman–Crippen LogP) is 3.32. The number of ether oxygens (including phenoxy) is 2. The fraction of sp³-hybridized carbons (Fsp3) is 0.200. The molecular formula is C15H14N2O2. The van der Waals surface area contributed by atoms with Gasteiger partial charge in [-0.05, 0) is 30.2 Å². The molecule has 0 saturated carbocycles. The Morgan fingerprint density at radius 3 is 2.74 bits per heavy atom. The lowest BCUT2D eigenvalue weighted by molar-refractivity contribution is 0.373. The second kappa shape index (κ2) is 5.87. The maximum absolute atomic E-state index is 8.84. The van der Waals surface area contributed by atoms with Crippen LogP contribution in [-0.2, 0) is 6.42 Å². The van der Waals surface area contributed by atoms with Crippen LogP contribution in [0.15, 0.2) is 36.5 Å². The third kappa shape index (κ3) is 3.02. The van der Waals surface area contributed by atoms with Crippen LogP contribution >= 0.6 is 0 Å². The van der Waals surface area contributed by atoms with Gasteiger partial charge in [0, 0.05) is 12.3 Å². The van der Waals surface area contributed by atoms with E-state index < -0.39 is 0 Å². The summed E-state index contributed by atoms with van der Waals surface area (Å²) >= 11 is 0. The Morgan fingerprint density at radius 1 is 1.21 bits per heavy atom. The molecule has 96 valence electrons. The van der Waals surface area contributed by atoms with E-state index in [1.807, 2.05) is 24.3 Å². The van der Waals surface area contributed by atoms with Crippen LogP contribution in [0.25, 0.3) is 0 Å². The average molecular weight is 254 g/mol. The van der Waals surface area contributed by atoms with Gasteiger partial charge in [-0.1, -0.05) is 13.0 Å². The minimum atomic E-state index is 0.376. The summed E-state index contributed by atoms with van der Waals surface area (Å²) in [7, 11) is 1.60. The minimum Gasteiger partial charge on any atom is -0.493 e. The van der Waals surface area contributed by atoms with E-state index in [0.29, 0.717) is 22.9 Å². The molecule has 0 amide bonds. The number of aryl methyl sites for hydroxylation is 1. The van der Waals surface area contributed by atoms with Gasteiger partial charge >= 0.3 is 0 Å². The Bertz CT molecular complexity index is 618. The van der Waals surface area contributed by atoms with E-state index in [2.05, 4.69) is 11.9 Å². The second-order valence-electron chi connectivity index (χ2n) is 3.94. The fourth-order valence-corrected chi connectivity index (χ4v) is 1.66. The van der Waals surface area contributed by atoms with Gasteiger partial charge in [-0.2, -0.15) is 5.26 Å². The van der Waals surface area contributed by atoms with Gasteiger partial charge in [-0.3, -0.25) is 0 Å². The third-order valence-corrected chi connectivity index (χ3v) is 2.71. The van der Waals surface area contributed by atoms with Crippen molar-refractivity contribution in [3.8, 4) is 23.4 Å². The van der Waals surface area contributed by atoms with Gasteiger partial charge in [-0.25, -0.2) is 4.98 Å². The van der Waals surface area contributed by atoms with Gasteiger partial charge in [0.1, 0.15) is 0 Å². The van der Waals surface area contributed by atoms with Crippen LogP contribution in [0.2, 0.25) is 0 Å². The van der Waals surface area contributed by atoms with Crippen LogP contribution < -0.4 is 9.47 Å². The first-order chi connectivity index (χ1) is 9.26. The summed E-state index contributed by atoms with van der Waals surface area (Å²) in [6.45, 7) is 2.08. The van der Waals surface area contributed by atoms with Crippen LogP contribution in [0.1, 0.15) is 18.1 Å². The number of aromatic nitrogens is 1. The predicted molar refractivity (Wildman–Crippen MR) is 71.4 cm³/mol. The van der Waals surface area contributed by atoms with E-state index in [1.165, 1.54) is 5.56 Å². The van der Waals surface area contributed by atoms with Crippen LogP contribution in [0.3, 0.4) is 0 Å². The van der Waals surface area contributed by atoms with E-state index in [1.54, 1.807) is 25.4 Å². The van der Waals surface area contributed by atoms with Crippen molar-refractivity contribution in [3.63, 3.8) is 0 Å². The molecule has 1 aromatic carbocycles. The highest BCUT2D eigenvalue weighted by atomic mass is 16.5. The number of nitriles is 1. The highest BCUT2D eigenvalue weighted by Gasteiger charge is 2.07. The molecule has 4 nitrogen and oxygen atoms in total. The van der Waals surface area contributed by atoms with E-state index in [4.69, 9.17) is 14.7 Å². The first-order valence-corrected chi connectivity index (χ1v) is 5.97. The zero-order valence-corrected chi connectivity index (χ0v) is 10.9. The molecule has 0 unspecified atom stereocenters. The molecule has 0 fully saturated rings. The van der Waals surface area contributed by atoms with Crippen molar-refractivity contribution < 1.29 is 9.47 Å². The van der Waals surface area contributed by atoms with Gasteiger partial charge in [0.15, 0.2) is 11.5 Å². The normalized spacial score (nSPS) is 9.74. The lowest BCUT2D eigenvalue weighted by atomic mass is 10.1. The molecule has 0 saturated heterocycles. The Hall–Kier alpha value is -2.54. The number of hydrogen-bond acceptors (Lipinski definition) is 4. The van der Waals surface area contributed by atoms with Gasteiger partial charge in [0.2, 0.25) is 5.88 Å². The SMILES string of the molecule is CCc1ccc(Oc2cc(C#N)ccn2)c(OC)c1. The number of hydrogen-bond donors (Lipinski definition) is 0. The summed E-state index contributed by atoms with van der Waals surface area (Å²) in [5.74, 6) is 1.62. The lowest BCUT2D eigenvalue weighted by Crippen LogP contribution is -1.93. The summed E-state index contributed by atoms with van der Waals surface area (Å²) in [4.78, 5) is 4.07. The quantitative estimate of drug-likeness (QED) is 0.839. The van der Waals surface area contributed by atoms with Crippen molar-refractivity contribution in [3.05, 3.63) is 47.7 Å². The Kier molecular flexibility index (Phi) is 3.99. The van der Waals surface area contributed by atoms with Crippen molar-refractivity contribution >= 4 is 0 Å². The number of methoxy groups -OCH3 is 1. The monoisotopic (exact) mass is 254 g/mol. The molecule has 0 spiro atoms. The molecule has 4 heteroatoms. The molecule has 0 bridgehead atoms. The average Bonchev–Trinajstić information content (AvgIpc) is 2.48. The molecule has 2 aromatic rings. The maximum atomic E-state index is 8.84. The summed E-state index contributed by atoms with van der Waals surface area (Å²) in [5, 5.41) is 8.84. The topological polar surface area (TPSA) is 55.1 Å². The number of benzene rings is 1. The number of nitrogens with zero attached hydrogens (tertiary/aromatic N) is 2. The molecule has 19 heavy (non-hydrogen) atoms. The van der Waals surface area contributed by atoms with E-state index in [-0.39, 0.29) is 0 Å². The molecule has 0 atom stereocenters. The molecule has 2 rings (SSSR count). The van der Waals surface area contributed by atoms with Crippen LogP contribution in [-0.4, -0.2) is 12.1 Å². The van der Waals surface area contributed by atoms with Crippen molar-refractivity contribution in [2.75, 3.05) is 7.11 Å². The molecule has 1 heterocycles. The van der Waals surface area contributed by atoms with Crippen LogP contribution in [0.4, 0.5) is 0 Å². The van der Waals surface area contributed by atoms with Crippen molar-refractivity contribution in [2.45, 2.75) is 13.3 Å². The largest absolute Gasteiger partial charge is 0.493 e. The van der Waals surface area contributed by atoms with Crippen molar-refractivity contribution in [2.24, 2.45) is 0 Å². The highest BCUT2D eigenvalue weighted by molar-refractivity contribution is 5.45. The second-order valence-corrected chi connectivity index (χ2v) is 3.94. The van der Waals surface area contributed by atoms with E-state index in [0.717, 1.165) is 6.42 Å². The number of pyridine rings is 1. The molecule has 0 N–H and O–H groups in total. The lowest BCUT2D eigenvalue weighted by Gasteiger charge is -2.10. The Morgan fingerprint density at radius 2 is 2.05 bits per heavy atom. The first-order valence-electron chi connectivity index (χ1n) is 5.97. The third-order valence-electron chi connectivity index (χ3n) is 2.71. The molecule has 0 aliphatic rings. The molecule has 0 aliphatic carbocycles. The first kappa shape index (κ1) is 12.9. The zero-order valence-electron chi connectivity index (χ0n) is 10.9. The zero-order chi connectivity index (χ0) is 13.7. The highest BCUT2D eigenvalue weighted by Crippen LogP contribution is 2.31. The summed E-state index contributed by atoms with van der Waals surface area (Å²) in [5.41, 5.74) is 1.68. The summed E-state index contributed by atoms with van der Waals surface area (Å²) < 4.78 is 11.0. The standard InChI is InChI=1S/C15H14N2O2/c1-3-11-4-5-13(14(8-11)18-2)19-15-9-12(10-16)6-7-17-15/h4-9H,3H2,1-2H3. The maximum Gasteiger partial charge on any atom is 0.220 e. The van der Waals surface area contributed by atoms with Crippen LogP contribution in [0.5, 0.6) is 17.4 Å². The van der Waals surface area contributed by atoms with Crippen molar-refractivity contribution in [1.29, 1.82) is 5.26 Å². The van der Waals surface area contributed by atoms with Crippen LogP contribution in [0, 0.1) is 11.3 Å². The van der Waals surface area contributed by atoms with E-state index >= 15 is 0 Å². The van der Waals surface area contributed by atoms with Gasteiger partial charge < -0.3 is 9.47 Å². The molecule has 0 aliphatic heterocycles. The van der Waals surface area contributed by atoms with E-state index in [9.17, 15) is 0 Å². The molecule has 0 radical (unpaired) electrons. The van der Waals surface area contributed by atoms with Crippen molar-refractivity contribution in [1.82, 2.24) is 4.98 Å². The van der Waals surface area contributed by atoms with Gasteiger partial charge in [0.25, 0.3) is 0 Å². The van der Waals surface area contributed by atoms with Gasteiger partial charge in [-0.15, -0.1) is 0 Å². The minimum absolute atomic E-state index is 0.376. The summed E-state index contributed by atoms with van der Waals surface area (Å²) in [6.07, 6.45) is 2.47. The Balaban J connectivity index is 2.30. The smallest absolute Gasteiger partial charge is 0.220 e. The van der Waals surface area contributed by atoms with Gasteiger partial charge in [0.05, 0.1) is 18.7 Å². The molecular weight excluding hydrogens is 240 g/mol. The fourth-order valence-electron chi connectivity index (χ4n) is 1.66. The Labute approximate surface area is 112 Å².